The van der Waals surface area contributed by atoms with Gasteiger partial charge in [0.2, 0.25) is 11.9 Å². The Balaban J connectivity index is 1.50. The fourth-order valence-corrected chi connectivity index (χ4v) is 5.93. The van der Waals surface area contributed by atoms with Crippen molar-refractivity contribution in [2.24, 2.45) is 5.92 Å². The van der Waals surface area contributed by atoms with E-state index in [0.717, 1.165) is 64.7 Å². The standard InChI is InChI=1S/C22H35N5O3S/c1-25-12-14-27(15-13-25)22-23-16-19(31(2,29)30)20(24-22)17-8-10-26(11-9-17)21(28)18-6-4-3-5-7-18/h16-18H,3-15H2,1-2H3. The van der Waals surface area contributed by atoms with E-state index in [2.05, 4.69) is 21.8 Å². The number of piperidine rings is 1. The molecule has 0 atom stereocenters. The highest BCUT2D eigenvalue weighted by atomic mass is 32.2. The minimum atomic E-state index is -3.42. The number of hydrogen-bond donors (Lipinski definition) is 0. The van der Waals surface area contributed by atoms with Crippen LogP contribution in [0.4, 0.5) is 5.95 Å². The van der Waals surface area contributed by atoms with Crippen molar-refractivity contribution in [2.45, 2.75) is 55.8 Å². The van der Waals surface area contributed by atoms with E-state index >= 15 is 0 Å². The molecule has 1 aliphatic carbocycles. The number of nitrogens with zero attached hydrogens (tertiary/aromatic N) is 5. The number of piperazine rings is 1. The predicted molar refractivity (Wildman–Crippen MR) is 120 cm³/mol. The second kappa shape index (κ2) is 9.40. The molecule has 0 unspecified atom stereocenters. The van der Waals surface area contributed by atoms with Crippen LogP contribution in [0, 0.1) is 5.92 Å². The Kier molecular flexibility index (Phi) is 6.81. The summed E-state index contributed by atoms with van der Waals surface area (Å²) in [4.78, 5) is 28.7. The van der Waals surface area contributed by atoms with Gasteiger partial charge >= 0.3 is 0 Å². The molecular weight excluding hydrogens is 414 g/mol. The molecule has 8 nitrogen and oxygen atoms in total. The molecule has 2 saturated heterocycles. The van der Waals surface area contributed by atoms with Crippen molar-refractivity contribution in [1.29, 1.82) is 0 Å². The summed E-state index contributed by atoms with van der Waals surface area (Å²) >= 11 is 0. The van der Waals surface area contributed by atoms with Gasteiger partial charge in [-0.3, -0.25) is 4.79 Å². The zero-order chi connectivity index (χ0) is 22.0. The molecule has 31 heavy (non-hydrogen) atoms. The molecule has 1 amide bonds. The van der Waals surface area contributed by atoms with E-state index < -0.39 is 9.84 Å². The Morgan fingerprint density at radius 1 is 0.968 bits per heavy atom. The van der Waals surface area contributed by atoms with Crippen molar-refractivity contribution >= 4 is 21.7 Å². The number of amides is 1. The summed E-state index contributed by atoms with van der Waals surface area (Å²) in [6, 6.07) is 0. The van der Waals surface area contributed by atoms with Crippen LogP contribution in [0.25, 0.3) is 0 Å². The Labute approximate surface area is 185 Å². The molecule has 172 valence electrons. The maximum Gasteiger partial charge on any atom is 0.225 e. The first-order valence-electron chi connectivity index (χ1n) is 11.6. The van der Waals surface area contributed by atoms with E-state index in [0.29, 0.717) is 30.6 Å². The summed E-state index contributed by atoms with van der Waals surface area (Å²) in [5, 5.41) is 0. The van der Waals surface area contributed by atoms with Crippen LogP contribution in [-0.4, -0.2) is 86.7 Å². The van der Waals surface area contributed by atoms with Gasteiger partial charge in [-0.1, -0.05) is 19.3 Å². The quantitative estimate of drug-likeness (QED) is 0.694. The Morgan fingerprint density at radius 3 is 2.23 bits per heavy atom. The fraction of sp³-hybridized carbons (Fsp3) is 0.773. The molecule has 0 N–H and O–H groups in total. The van der Waals surface area contributed by atoms with Crippen LogP contribution < -0.4 is 4.90 Å². The first-order chi connectivity index (χ1) is 14.8. The molecule has 3 heterocycles. The second-order valence-electron chi connectivity index (χ2n) is 9.42. The average molecular weight is 450 g/mol. The first kappa shape index (κ1) is 22.5. The lowest BCUT2D eigenvalue weighted by atomic mass is 9.87. The summed E-state index contributed by atoms with van der Waals surface area (Å²) in [7, 11) is -1.32. The van der Waals surface area contributed by atoms with E-state index in [1.54, 1.807) is 0 Å². The smallest absolute Gasteiger partial charge is 0.225 e. The number of hydrogen-bond acceptors (Lipinski definition) is 7. The number of sulfone groups is 1. The molecule has 0 aromatic carbocycles. The number of likely N-dealkylation sites (tertiary alicyclic amines) is 1. The van der Waals surface area contributed by atoms with Gasteiger partial charge in [0, 0.05) is 57.4 Å². The Bertz CT molecular complexity index is 884. The molecule has 1 aromatic heterocycles. The zero-order valence-electron chi connectivity index (χ0n) is 18.8. The normalized spacial score (nSPS) is 22.6. The zero-order valence-corrected chi connectivity index (χ0v) is 19.6. The lowest BCUT2D eigenvalue weighted by molar-refractivity contribution is -0.137. The average Bonchev–Trinajstić information content (AvgIpc) is 2.79. The van der Waals surface area contributed by atoms with Gasteiger partial charge in [-0.15, -0.1) is 0 Å². The van der Waals surface area contributed by atoms with Crippen LogP contribution >= 0.6 is 0 Å². The number of aromatic nitrogens is 2. The third-order valence-corrected chi connectivity index (χ3v) is 8.22. The van der Waals surface area contributed by atoms with Gasteiger partial charge in [0.15, 0.2) is 9.84 Å². The molecule has 0 spiro atoms. The van der Waals surface area contributed by atoms with Crippen LogP contribution in [0.5, 0.6) is 0 Å². The highest BCUT2D eigenvalue weighted by Crippen LogP contribution is 2.34. The molecule has 3 aliphatic rings. The summed E-state index contributed by atoms with van der Waals surface area (Å²) in [6.45, 7) is 4.90. The van der Waals surface area contributed by atoms with E-state index in [9.17, 15) is 13.2 Å². The Hall–Kier alpha value is -1.74. The van der Waals surface area contributed by atoms with Crippen molar-refractivity contribution in [2.75, 3.05) is 57.5 Å². The van der Waals surface area contributed by atoms with Crippen molar-refractivity contribution in [3.63, 3.8) is 0 Å². The number of anilines is 1. The van der Waals surface area contributed by atoms with Crippen molar-refractivity contribution in [3.8, 4) is 0 Å². The van der Waals surface area contributed by atoms with Gasteiger partial charge in [-0.05, 0) is 32.7 Å². The van der Waals surface area contributed by atoms with Gasteiger partial charge in [0.25, 0.3) is 0 Å². The highest BCUT2D eigenvalue weighted by molar-refractivity contribution is 7.90. The monoisotopic (exact) mass is 449 g/mol. The minimum Gasteiger partial charge on any atom is -0.342 e. The van der Waals surface area contributed by atoms with Gasteiger partial charge in [0.05, 0.1) is 11.9 Å². The van der Waals surface area contributed by atoms with Crippen molar-refractivity contribution < 1.29 is 13.2 Å². The van der Waals surface area contributed by atoms with Crippen LogP contribution in [-0.2, 0) is 14.6 Å². The summed E-state index contributed by atoms with van der Waals surface area (Å²) in [5.74, 6) is 1.13. The van der Waals surface area contributed by atoms with Gasteiger partial charge in [-0.2, -0.15) is 0 Å². The molecular formula is C22H35N5O3S. The summed E-state index contributed by atoms with van der Waals surface area (Å²) in [5.41, 5.74) is 0.635. The lowest BCUT2D eigenvalue weighted by Crippen LogP contribution is -2.45. The molecule has 1 saturated carbocycles. The number of likely N-dealkylation sites (N-methyl/N-ethyl adjacent to an activating group) is 1. The Morgan fingerprint density at radius 2 is 1.61 bits per heavy atom. The molecule has 1 aromatic rings. The van der Waals surface area contributed by atoms with E-state index in [1.807, 2.05) is 4.90 Å². The number of rotatable bonds is 4. The molecule has 9 heteroatoms. The molecule has 0 radical (unpaired) electrons. The van der Waals surface area contributed by atoms with Crippen LogP contribution in [0.3, 0.4) is 0 Å². The topological polar surface area (TPSA) is 86.7 Å². The third-order valence-electron chi connectivity index (χ3n) is 7.10. The van der Waals surface area contributed by atoms with Crippen molar-refractivity contribution in [3.05, 3.63) is 11.9 Å². The maximum absolute atomic E-state index is 12.9. The summed E-state index contributed by atoms with van der Waals surface area (Å²) in [6.07, 6.45) is 9.79. The largest absolute Gasteiger partial charge is 0.342 e. The van der Waals surface area contributed by atoms with E-state index in [1.165, 1.54) is 18.9 Å². The first-order valence-corrected chi connectivity index (χ1v) is 13.5. The van der Waals surface area contributed by atoms with Crippen LogP contribution in [0.15, 0.2) is 11.1 Å². The second-order valence-corrected chi connectivity index (χ2v) is 11.4. The van der Waals surface area contributed by atoms with Gasteiger partial charge in [0.1, 0.15) is 4.90 Å². The number of carbonyl (C=O) groups excluding carboxylic acids is 1. The molecule has 3 fully saturated rings. The SMILES string of the molecule is CN1CCN(c2ncc(S(C)(=O)=O)c(C3CCN(C(=O)C4CCCCC4)CC3)n2)CC1. The predicted octanol–water partition coefficient (Wildman–Crippen LogP) is 1.92. The van der Waals surface area contributed by atoms with Gasteiger partial charge in [-0.25, -0.2) is 18.4 Å². The van der Waals surface area contributed by atoms with Crippen LogP contribution in [0.1, 0.15) is 56.6 Å². The van der Waals surface area contributed by atoms with Gasteiger partial charge < -0.3 is 14.7 Å². The fourth-order valence-electron chi connectivity index (χ4n) is 5.09. The lowest BCUT2D eigenvalue weighted by Gasteiger charge is -2.36. The third kappa shape index (κ3) is 5.19. The van der Waals surface area contributed by atoms with E-state index in [4.69, 9.17) is 4.98 Å². The summed E-state index contributed by atoms with van der Waals surface area (Å²) < 4.78 is 24.9. The maximum atomic E-state index is 12.9. The molecule has 0 bridgehead atoms. The molecule has 2 aliphatic heterocycles. The van der Waals surface area contributed by atoms with Crippen molar-refractivity contribution in [1.82, 2.24) is 19.8 Å². The highest BCUT2D eigenvalue weighted by Gasteiger charge is 2.32. The minimum absolute atomic E-state index is 0.0364. The molecule has 4 rings (SSSR count). The van der Waals surface area contributed by atoms with Crippen LogP contribution in [0.2, 0.25) is 0 Å². The van der Waals surface area contributed by atoms with E-state index in [-0.39, 0.29) is 16.7 Å². The number of carbonyl (C=O) groups is 1.